The van der Waals surface area contributed by atoms with Gasteiger partial charge >= 0.3 is 0 Å². The van der Waals surface area contributed by atoms with E-state index in [9.17, 15) is 0 Å². The Morgan fingerprint density at radius 1 is 1.14 bits per heavy atom. The second kappa shape index (κ2) is 3.58. The summed E-state index contributed by atoms with van der Waals surface area (Å²) in [6, 6.07) is 7.80. The van der Waals surface area contributed by atoms with Gasteiger partial charge < -0.3 is 9.15 Å². The first kappa shape index (κ1) is 8.88. The zero-order valence-corrected chi connectivity index (χ0v) is 8.28. The summed E-state index contributed by atoms with van der Waals surface area (Å²) in [6.07, 6.45) is 3.18. The fraction of sp³-hybridized carbons (Fsp3) is 0.167. The van der Waals surface area contributed by atoms with E-state index in [0.29, 0.717) is 0 Å². The van der Waals surface area contributed by atoms with Crippen LogP contribution in [-0.4, -0.2) is 0 Å². The highest BCUT2D eigenvalue weighted by Crippen LogP contribution is 2.26. The van der Waals surface area contributed by atoms with Crippen LogP contribution >= 0.6 is 0 Å². The molecule has 0 aliphatic rings. The molecular weight excluding hydrogens is 176 g/mol. The summed E-state index contributed by atoms with van der Waals surface area (Å²) >= 11 is 0. The van der Waals surface area contributed by atoms with Crippen LogP contribution in [0.3, 0.4) is 0 Å². The van der Waals surface area contributed by atoms with Crippen molar-refractivity contribution in [3.8, 4) is 11.5 Å². The molecule has 2 heteroatoms. The van der Waals surface area contributed by atoms with Crippen molar-refractivity contribution in [2.24, 2.45) is 0 Å². The predicted molar refractivity (Wildman–Crippen MR) is 54.7 cm³/mol. The topological polar surface area (TPSA) is 22.4 Å². The van der Waals surface area contributed by atoms with Gasteiger partial charge in [0.15, 0.2) is 5.75 Å². The summed E-state index contributed by atoms with van der Waals surface area (Å²) < 4.78 is 10.6. The van der Waals surface area contributed by atoms with E-state index in [-0.39, 0.29) is 0 Å². The van der Waals surface area contributed by atoms with Crippen LogP contribution in [0.2, 0.25) is 0 Å². The molecule has 1 heterocycles. The van der Waals surface area contributed by atoms with Gasteiger partial charge in [0.25, 0.3) is 0 Å². The maximum absolute atomic E-state index is 5.64. The average molecular weight is 188 g/mol. The lowest BCUT2D eigenvalue weighted by molar-refractivity contribution is 0.463. The summed E-state index contributed by atoms with van der Waals surface area (Å²) in [4.78, 5) is 0. The number of rotatable bonds is 2. The maximum atomic E-state index is 5.64. The van der Waals surface area contributed by atoms with Gasteiger partial charge in [0.2, 0.25) is 0 Å². The third-order valence-corrected chi connectivity index (χ3v) is 2.28. The van der Waals surface area contributed by atoms with Gasteiger partial charge in [0, 0.05) is 6.07 Å². The minimum Gasteiger partial charge on any atom is -0.469 e. The molecule has 2 nitrogen and oxygen atoms in total. The van der Waals surface area contributed by atoms with Crippen molar-refractivity contribution in [3.05, 3.63) is 47.9 Å². The maximum Gasteiger partial charge on any atom is 0.165 e. The van der Waals surface area contributed by atoms with Gasteiger partial charge in [-0.05, 0) is 31.0 Å². The lowest BCUT2D eigenvalue weighted by Crippen LogP contribution is -1.88. The molecule has 0 radical (unpaired) electrons. The van der Waals surface area contributed by atoms with Gasteiger partial charge in [-0.1, -0.05) is 12.1 Å². The highest BCUT2D eigenvalue weighted by Gasteiger charge is 2.03. The zero-order valence-electron chi connectivity index (χ0n) is 8.28. The number of benzene rings is 1. The number of hydrogen-bond donors (Lipinski definition) is 0. The van der Waals surface area contributed by atoms with Crippen LogP contribution in [0.1, 0.15) is 11.1 Å². The summed E-state index contributed by atoms with van der Waals surface area (Å²) in [7, 11) is 0. The van der Waals surface area contributed by atoms with Crippen LogP contribution in [0.15, 0.2) is 41.2 Å². The Hall–Kier alpha value is -1.70. The fourth-order valence-corrected chi connectivity index (χ4v) is 1.27. The summed E-state index contributed by atoms with van der Waals surface area (Å²) in [5.74, 6) is 1.62. The van der Waals surface area contributed by atoms with E-state index in [2.05, 4.69) is 13.0 Å². The second-order valence-corrected chi connectivity index (χ2v) is 3.26. The van der Waals surface area contributed by atoms with Crippen molar-refractivity contribution in [3.63, 3.8) is 0 Å². The monoisotopic (exact) mass is 188 g/mol. The lowest BCUT2D eigenvalue weighted by atomic mass is 10.1. The van der Waals surface area contributed by atoms with Gasteiger partial charge in [0.1, 0.15) is 12.0 Å². The molecule has 0 saturated heterocycles. The third-order valence-electron chi connectivity index (χ3n) is 2.28. The van der Waals surface area contributed by atoms with Crippen LogP contribution in [0.5, 0.6) is 11.5 Å². The highest BCUT2D eigenvalue weighted by atomic mass is 16.5. The number of ether oxygens (including phenoxy) is 1. The van der Waals surface area contributed by atoms with E-state index in [1.54, 1.807) is 18.6 Å². The van der Waals surface area contributed by atoms with Crippen molar-refractivity contribution in [2.45, 2.75) is 13.8 Å². The van der Waals surface area contributed by atoms with E-state index in [1.165, 1.54) is 5.56 Å². The van der Waals surface area contributed by atoms with Crippen LogP contribution < -0.4 is 4.74 Å². The minimum absolute atomic E-state index is 0.735. The van der Waals surface area contributed by atoms with Gasteiger partial charge in [-0.15, -0.1) is 0 Å². The Morgan fingerprint density at radius 2 is 2.00 bits per heavy atom. The van der Waals surface area contributed by atoms with Crippen LogP contribution in [0, 0.1) is 13.8 Å². The normalized spacial score (nSPS) is 10.1. The summed E-state index contributed by atoms with van der Waals surface area (Å²) in [5, 5.41) is 0. The van der Waals surface area contributed by atoms with Gasteiger partial charge in [-0.25, -0.2) is 0 Å². The first-order chi connectivity index (χ1) is 6.77. The van der Waals surface area contributed by atoms with Gasteiger partial charge in [-0.3, -0.25) is 0 Å². The summed E-state index contributed by atoms with van der Waals surface area (Å²) in [6.45, 7) is 4.11. The number of hydrogen-bond acceptors (Lipinski definition) is 2. The smallest absolute Gasteiger partial charge is 0.165 e. The molecule has 0 aliphatic carbocycles. The van der Waals surface area contributed by atoms with E-state index in [1.807, 2.05) is 19.1 Å². The van der Waals surface area contributed by atoms with Crippen molar-refractivity contribution >= 4 is 0 Å². The Morgan fingerprint density at radius 3 is 2.71 bits per heavy atom. The molecule has 72 valence electrons. The number of furan rings is 1. The Bertz CT molecular complexity index is 416. The van der Waals surface area contributed by atoms with E-state index < -0.39 is 0 Å². The molecule has 0 atom stereocenters. The zero-order chi connectivity index (χ0) is 9.97. The van der Waals surface area contributed by atoms with Crippen molar-refractivity contribution in [2.75, 3.05) is 0 Å². The minimum atomic E-state index is 0.735. The Kier molecular flexibility index (Phi) is 2.27. The molecule has 2 aromatic rings. The lowest BCUT2D eigenvalue weighted by Gasteiger charge is -2.07. The summed E-state index contributed by atoms with van der Waals surface area (Å²) in [5.41, 5.74) is 2.39. The van der Waals surface area contributed by atoms with Crippen LogP contribution in [-0.2, 0) is 0 Å². The molecule has 0 unspecified atom stereocenters. The number of aryl methyl sites for hydroxylation is 1. The van der Waals surface area contributed by atoms with Crippen LogP contribution in [0.4, 0.5) is 0 Å². The Labute approximate surface area is 83.1 Å². The molecule has 1 aromatic heterocycles. The van der Waals surface area contributed by atoms with Crippen molar-refractivity contribution in [1.82, 2.24) is 0 Å². The van der Waals surface area contributed by atoms with Gasteiger partial charge in [0.05, 0.1) is 6.26 Å². The fourth-order valence-electron chi connectivity index (χ4n) is 1.27. The predicted octanol–water partition coefficient (Wildman–Crippen LogP) is 3.69. The molecule has 0 N–H and O–H groups in total. The standard InChI is InChI=1S/C12H12O2/c1-9-4-3-5-12(10(9)2)14-11-6-7-13-8-11/h3-8H,1-2H3. The van der Waals surface area contributed by atoms with Gasteiger partial charge in [-0.2, -0.15) is 0 Å². The quantitative estimate of drug-likeness (QED) is 0.717. The molecule has 0 spiro atoms. The van der Waals surface area contributed by atoms with Crippen molar-refractivity contribution < 1.29 is 9.15 Å². The van der Waals surface area contributed by atoms with E-state index in [0.717, 1.165) is 17.1 Å². The molecule has 0 aliphatic heterocycles. The highest BCUT2D eigenvalue weighted by molar-refractivity contribution is 5.40. The van der Waals surface area contributed by atoms with Crippen LogP contribution in [0.25, 0.3) is 0 Å². The molecule has 1 aromatic carbocycles. The first-order valence-corrected chi connectivity index (χ1v) is 4.53. The van der Waals surface area contributed by atoms with E-state index in [4.69, 9.17) is 9.15 Å². The second-order valence-electron chi connectivity index (χ2n) is 3.26. The molecule has 0 bridgehead atoms. The van der Waals surface area contributed by atoms with E-state index >= 15 is 0 Å². The third kappa shape index (κ3) is 1.64. The Balaban J connectivity index is 2.29. The average Bonchev–Trinajstić information content (AvgIpc) is 2.66. The molecule has 14 heavy (non-hydrogen) atoms. The largest absolute Gasteiger partial charge is 0.469 e. The van der Waals surface area contributed by atoms with Crippen molar-refractivity contribution in [1.29, 1.82) is 0 Å². The molecule has 0 saturated carbocycles. The SMILES string of the molecule is Cc1cccc(Oc2ccoc2)c1C. The molecular formula is C12H12O2. The molecule has 2 rings (SSSR count). The molecule has 0 amide bonds. The molecule has 0 fully saturated rings. The first-order valence-electron chi connectivity index (χ1n) is 4.53.